The highest BCUT2D eigenvalue weighted by Gasteiger charge is 2.19. The van der Waals surface area contributed by atoms with E-state index < -0.39 is 10.0 Å². The third-order valence-corrected chi connectivity index (χ3v) is 7.04. The quantitative estimate of drug-likeness (QED) is 0.721. The monoisotopic (exact) mass is 406 g/mol. The second kappa shape index (κ2) is 5.65. The molecule has 21 heavy (non-hydrogen) atoms. The van der Waals surface area contributed by atoms with Gasteiger partial charge in [-0.3, -0.25) is 4.40 Å². The summed E-state index contributed by atoms with van der Waals surface area (Å²) in [6.45, 7) is 0.0423. The molecule has 110 valence electrons. The van der Waals surface area contributed by atoms with E-state index in [0.29, 0.717) is 20.3 Å². The number of fused-ring (bicyclic) bond motifs is 1. The average Bonchev–Trinajstić information content (AvgIpc) is 3.02. The molecule has 6 nitrogen and oxygen atoms in total. The number of nitrogens with zero attached hydrogens (tertiary/aromatic N) is 3. The van der Waals surface area contributed by atoms with E-state index >= 15 is 0 Å². The predicted molar refractivity (Wildman–Crippen MR) is 84.0 cm³/mol. The third kappa shape index (κ3) is 2.97. The van der Waals surface area contributed by atoms with Crippen molar-refractivity contribution in [3.63, 3.8) is 0 Å². The van der Waals surface area contributed by atoms with Crippen LogP contribution in [-0.2, 0) is 16.6 Å². The van der Waals surface area contributed by atoms with E-state index in [1.54, 1.807) is 16.7 Å². The number of aromatic nitrogens is 3. The molecule has 0 spiro atoms. The zero-order valence-electron chi connectivity index (χ0n) is 10.3. The molecule has 0 aliphatic carbocycles. The fourth-order valence-corrected chi connectivity index (χ4v) is 5.12. The molecule has 1 N–H and O–H groups in total. The van der Waals surface area contributed by atoms with Gasteiger partial charge in [0.15, 0.2) is 11.5 Å². The molecule has 0 aliphatic heterocycles. The van der Waals surface area contributed by atoms with Crippen LogP contribution in [0.15, 0.2) is 38.5 Å². The van der Waals surface area contributed by atoms with Crippen molar-refractivity contribution in [2.24, 2.45) is 0 Å². The van der Waals surface area contributed by atoms with Gasteiger partial charge in [-0.15, -0.1) is 21.5 Å². The Balaban J connectivity index is 1.83. The molecule has 3 aromatic heterocycles. The van der Waals surface area contributed by atoms with E-state index in [1.165, 1.54) is 6.07 Å². The molecule has 0 saturated carbocycles. The molecule has 0 aromatic carbocycles. The molecule has 3 heterocycles. The minimum absolute atomic E-state index is 0.0423. The van der Waals surface area contributed by atoms with Gasteiger partial charge in [-0.2, -0.15) is 0 Å². The molecule has 0 aliphatic rings. The summed E-state index contributed by atoms with van der Waals surface area (Å²) in [5.41, 5.74) is 0.661. The first kappa shape index (κ1) is 14.9. The van der Waals surface area contributed by atoms with Crippen LogP contribution in [0.3, 0.4) is 0 Å². The van der Waals surface area contributed by atoms with Gasteiger partial charge in [0.1, 0.15) is 4.21 Å². The van der Waals surface area contributed by atoms with Crippen LogP contribution in [0, 0.1) is 0 Å². The highest BCUT2D eigenvalue weighted by molar-refractivity contribution is 9.11. The zero-order chi connectivity index (χ0) is 15.0. The minimum Gasteiger partial charge on any atom is -0.285 e. The predicted octanol–water partition coefficient (Wildman–Crippen LogP) is 2.69. The van der Waals surface area contributed by atoms with E-state index in [4.69, 9.17) is 11.6 Å². The molecule has 0 fully saturated rings. The van der Waals surface area contributed by atoms with Crippen molar-refractivity contribution in [2.45, 2.75) is 10.8 Å². The Morgan fingerprint density at radius 3 is 2.90 bits per heavy atom. The van der Waals surface area contributed by atoms with Crippen molar-refractivity contribution in [3.05, 3.63) is 45.1 Å². The number of nitrogens with one attached hydrogen (secondary N) is 1. The molecule has 0 atom stereocenters. The van der Waals surface area contributed by atoms with Gasteiger partial charge in [0.2, 0.25) is 0 Å². The van der Waals surface area contributed by atoms with E-state index in [0.717, 1.165) is 11.3 Å². The number of rotatable bonds is 4. The molecule has 0 bridgehead atoms. The van der Waals surface area contributed by atoms with Crippen molar-refractivity contribution in [3.8, 4) is 0 Å². The van der Waals surface area contributed by atoms with Crippen LogP contribution >= 0.6 is 38.9 Å². The van der Waals surface area contributed by atoms with Gasteiger partial charge in [0.05, 0.1) is 15.4 Å². The van der Waals surface area contributed by atoms with Crippen molar-refractivity contribution in [1.82, 2.24) is 19.3 Å². The second-order valence-corrected chi connectivity index (χ2v) is 8.83. The Bertz CT molecular complexity index is 886. The molecule has 10 heteroatoms. The molecule has 3 aromatic rings. The van der Waals surface area contributed by atoms with Gasteiger partial charge in [0.25, 0.3) is 10.0 Å². The average molecular weight is 408 g/mol. The maximum Gasteiger partial charge on any atom is 0.250 e. The van der Waals surface area contributed by atoms with E-state index in [2.05, 4.69) is 30.8 Å². The highest BCUT2D eigenvalue weighted by Crippen LogP contribution is 2.34. The molecule has 0 amide bonds. The Kier molecular flexibility index (Phi) is 4.02. The van der Waals surface area contributed by atoms with Gasteiger partial charge in [-0.05, 0) is 34.1 Å². The fourth-order valence-electron chi connectivity index (χ4n) is 1.70. The van der Waals surface area contributed by atoms with Crippen LogP contribution in [0.1, 0.15) is 5.82 Å². The number of hydrogen-bond acceptors (Lipinski definition) is 5. The molecular formula is C11H8BrClN4O2S2. The Labute approximate surface area is 138 Å². The van der Waals surface area contributed by atoms with Gasteiger partial charge in [0, 0.05) is 6.20 Å². The van der Waals surface area contributed by atoms with Crippen LogP contribution in [0.4, 0.5) is 0 Å². The van der Waals surface area contributed by atoms with Crippen molar-refractivity contribution in [1.29, 1.82) is 0 Å². The number of hydrogen-bond donors (Lipinski definition) is 1. The summed E-state index contributed by atoms with van der Waals surface area (Å²) < 4.78 is 29.3. The molecule has 0 unspecified atom stereocenters. The molecule has 3 rings (SSSR count). The topological polar surface area (TPSA) is 76.4 Å². The fraction of sp³-hybridized carbons (Fsp3) is 0.0909. The SMILES string of the molecule is O=S(=O)(NCc1nnc2ccccn12)c1cc(Cl)c(Br)s1. The normalized spacial score (nSPS) is 12.1. The molecule has 0 radical (unpaired) electrons. The first-order chi connectivity index (χ1) is 9.97. The summed E-state index contributed by atoms with van der Waals surface area (Å²) in [6, 6.07) is 6.86. The summed E-state index contributed by atoms with van der Waals surface area (Å²) in [7, 11) is -3.63. The van der Waals surface area contributed by atoms with Crippen LogP contribution in [0.5, 0.6) is 0 Å². The number of thiophene rings is 1. The van der Waals surface area contributed by atoms with Crippen LogP contribution in [-0.4, -0.2) is 23.0 Å². The lowest BCUT2D eigenvalue weighted by atomic mass is 10.5. The summed E-state index contributed by atoms with van der Waals surface area (Å²) >= 11 is 10.1. The lowest BCUT2D eigenvalue weighted by molar-refractivity contribution is 0.581. The van der Waals surface area contributed by atoms with Gasteiger partial charge in [-0.1, -0.05) is 17.7 Å². The zero-order valence-corrected chi connectivity index (χ0v) is 14.3. The van der Waals surface area contributed by atoms with E-state index in [9.17, 15) is 8.42 Å². The van der Waals surface area contributed by atoms with Gasteiger partial charge >= 0.3 is 0 Å². The minimum atomic E-state index is -3.63. The molecule has 0 saturated heterocycles. The maximum absolute atomic E-state index is 12.2. The van der Waals surface area contributed by atoms with E-state index in [1.807, 2.05) is 12.1 Å². The van der Waals surface area contributed by atoms with Gasteiger partial charge in [-0.25, -0.2) is 13.1 Å². The van der Waals surface area contributed by atoms with Gasteiger partial charge < -0.3 is 0 Å². The van der Waals surface area contributed by atoms with Crippen LogP contribution in [0.25, 0.3) is 5.65 Å². The van der Waals surface area contributed by atoms with Crippen molar-refractivity contribution >= 4 is 54.5 Å². The van der Waals surface area contributed by atoms with E-state index in [-0.39, 0.29) is 10.8 Å². The highest BCUT2D eigenvalue weighted by atomic mass is 79.9. The largest absolute Gasteiger partial charge is 0.285 e. The standard InChI is InChI=1S/C11H8BrClN4O2S2/c12-11-7(13)5-10(20-11)21(18,19)14-6-9-16-15-8-3-1-2-4-17(8)9/h1-5,14H,6H2. The number of pyridine rings is 1. The Morgan fingerprint density at radius 1 is 1.38 bits per heavy atom. The maximum atomic E-state index is 12.2. The smallest absolute Gasteiger partial charge is 0.250 e. The van der Waals surface area contributed by atoms with Crippen molar-refractivity contribution < 1.29 is 8.42 Å². The first-order valence-electron chi connectivity index (χ1n) is 5.70. The second-order valence-electron chi connectivity index (χ2n) is 4.06. The third-order valence-electron chi connectivity index (χ3n) is 2.69. The summed E-state index contributed by atoms with van der Waals surface area (Å²) in [6.07, 6.45) is 1.78. The summed E-state index contributed by atoms with van der Waals surface area (Å²) in [5.74, 6) is 0.510. The lowest BCUT2D eigenvalue weighted by Crippen LogP contribution is -2.23. The molecular weight excluding hydrogens is 400 g/mol. The summed E-state index contributed by atoms with van der Waals surface area (Å²) in [4.78, 5) is 0. The number of sulfonamides is 1. The Hall–Kier alpha value is -1.000. The first-order valence-corrected chi connectivity index (χ1v) is 9.17. The van der Waals surface area contributed by atoms with Crippen LogP contribution in [0.2, 0.25) is 5.02 Å². The lowest BCUT2D eigenvalue weighted by Gasteiger charge is -2.03. The Morgan fingerprint density at radius 2 is 2.19 bits per heavy atom. The number of halogens is 2. The van der Waals surface area contributed by atoms with Crippen molar-refractivity contribution in [2.75, 3.05) is 0 Å². The van der Waals surface area contributed by atoms with Crippen LogP contribution < -0.4 is 4.72 Å². The summed E-state index contributed by atoms with van der Waals surface area (Å²) in [5, 5.41) is 8.30.